The maximum atomic E-state index is 12.1. The van der Waals surface area contributed by atoms with Crippen LogP contribution in [-0.4, -0.2) is 25.0 Å². The molecule has 0 aliphatic carbocycles. The Hall–Kier alpha value is -1.55. The van der Waals surface area contributed by atoms with E-state index in [1.54, 1.807) is 18.2 Å². The highest BCUT2D eigenvalue weighted by molar-refractivity contribution is 6.00. The molecular weight excluding hydrogens is 230 g/mol. The monoisotopic (exact) mass is 249 g/mol. The van der Waals surface area contributed by atoms with Crippen molar-refractivity contribution in [1.82, 2.24) is 0 Å². The zero-order valence-corrected chi connectivity index (χ0v) is 10.8. The predicted octanol–water partition coefficient (Wildman–Crippen LogP) is 2.01. The van der Waals surface area contributed by atoms with Gasteiger partial charge < -0.3 is 15.2 Å². The Morgan fingerprint density at radius 2 is 1.94 bits per heavy atom. The third-order valence-electron chi connectivity index (χ3n) is 2.89. The number of nitrogens with two attached hydrogens (primary N) is 1. The van der Waals surface area contributed by atoms with E-state index in [-0.39, 0.29) is 5.78 Å². The summed E-state index contributed by atoms with van der Waals surface area (Å²) in [6.45, 7) is 5.17. The molecule has 0 radical (unpaired) electrons. The molecule has 4 nitrogen and oxygen atoms in total. The summed E-state index contributed by atoms with van der Waals surface area (Å²) in [6.07, 6.45) is 0.688. The molecule has 1 aliphatic heterocycles. The number of rotatable bonds is 4. The molecule has 1 unspecified atom stereocenters. The molecule has 2 rings (SSSR count). The van der Waals surface area contributed by atoms with Gasteiger partial charge in [0, 0.05) is 5.56 Å². The lowest BCUT2D eigenvalue weighted by atomic mass is 9.96. The van der Waals surface area contributed by atoms with Crippen LogP contribution in [0.3, 0.4) is 0 Å². The number of fused-ring (bicyclic) bond motifs is 1. The van der Waals surface area contributed by atoms with Gasteiger partial charge in [-0.1, -0.05) is 13.8 Å². The summed E-state index contributed by atoms with van der Waals surface area (Å²) in [5, 5.41) is 0. The SMILES string of the molecule is CC(C)CC(N)C(=O)c1ccc2c(c1)OCCO2. The summed E-state index contributed by atoms with van der Waals surface area (Å²) < 4.78 is 10.9. The van der Waals surface area contributed by atoms with Gasteiger partial charge in [0.05, 0.1) is 6.04 Å². The van der Waals surface area contributed by atoms with Gasteiger partial charge in [-0.15, -0.1) is 0 Å². The number of ketones is 1. The maximum Gasteiger partial charge on any atom is 0.179 e. The van der Waals surface area contributed by atoms with Gasteiger partial charge in [-0.05, 0) is 30.5 Å². The minimum atomic E-state index is -0.451. The average Bonchev–Trinajstić information content (AvgIpc) is 2.36. The van der Waals surface area contributed by atoms with Crippen molar-refractivity contribution in [1.29, 1.82) is 0 Å². The molecule has 0 bridgehead atoms. The minimum absolute atomic E-state index is 0.0410. The Bertz CT molecular complexity index is 443. The van der Waals surface area contributed by atoms with Crippen LogP contribution < -0.4 is 15.2 Å². The first-order valence-electron chi connectivity index (χ1n) is 6.27. The van der Waals surface area contributed by atoms with Crippen molar-refractivity contribution in [2.24, 2.45) is 11.7 Å². The normalized spacial score (nSPS) is 15.6. The summed E-state index contributed by atoms with van der Waals surface area (Å²) in [6, 6.07) is 4.78. The third-order valence-corrected chi connectivity index (χ3v) is 2.89. The van der Waals surface area contributed by atoms with Crippen LogP contribution in [0.1, 0.15) is 30.6 Å². The predicted molar refractivity (Wildman–Crippen MR) is 69.2 cm³/mol. The lowest BCUT2D eigenvalue weighted by Crippen LogP contribution is -2.32. The van der Waals surface area contributed by atoms with E-state index in [2.05, 4.69) is 13.8 Å². The summed E-state index contributed by atoms with van der Waals surface area (Å²) in [5.41, 5.74) is 6.49. The van der Waals surface area contributed by atoms with Crippen LogP contribution in [0, 0.1) is 5.92 Å². The minimum Gasteiger partial charge on any atom is -0.486 e. The Kier molecular flexibility index (Phi) is 3.87. The van der Waals surface area contributed by atoms with E-state index in [4.69, 9.17) is 15.2 Å². The highest BCUT2D eigenvalue weighted by atomic mass is 16.6. The first-order chi connectivity index (χ1) is 8.58. The fraction of sp³-hybridized carbons (Fsp3) is 0.500. The fourth-order valence-corrected chi connectivity index (χ4v) is 2.03. The molecule has 0 saturated heterocycles. The highest BCUT2D eigenvalue weighted by Crippen LogP contribution is 2.31. The molecule has 2 N–H and O–H groups in total. The van der Waals surface area contributed by atoms with E-state index in [1.165, 1.54) is 0 Å². The van der Waals surface area contributed by atoms with Crippen molar-refractivity contribution in [3.8, 4) is 11.5 Å². The lowest BCUT2D eigenvalue weighted by molar-refractivity contribution is 0.0950. The quantitative estimate of drug-likeness (QED) is 0.829. The van der Waals surface area contributed by atoms with Crippen molar-refractivity contribution in [2.75, 3.05) is 13.2 Å². The average molecular weight is 249 g/mol. The summed E-state index contributed by atoms with van der Waals surface area (Å²) in [5.74, 6) is 1.68. The van der Waals surface area contributed by atoms with E-state index in [0.29, 0.717) is 42.6 Å². The van der Waals surface area contributed by atoms with Gasteiger partial charge in [-0.2, -0.15) is 0 Å². The second-order valence-electron chi connectivity index (χ2n) is 4.96. The number of hydrogen-bond donors (Lipinski definition) is 1. The van der Waals surface area contributed by atoms with Crippen LogP contribution in [0.4, 0.5) is 0 Å². The molecule has 1 aliphatic rings. The first kappa shape index (κ1) is 12.9. The van der Waals surface area contributed by atoms with Gasteiger partial charge in [-0.25, -0.2) is 0 Å². The van der Waals surface area contributed by atoms with Gasteiger partial charge in [0.25, 0.3) is 0 Å². The molecule has 1 aromatic rings. The van der Waals surface area contributed by atoms with E-state index >= 15 is 0 Å². The Balaban J connectivity index is 2.15. The molecular formula is C14H19NO3. The Morgan fingerprint density at radius 3 is 2.61 bits per heavy atom. The van der Waals surface area contributed by atoms with Crippen molar-refractivity contribution >= 4 is 5.78 Å². The maximum absolute atomic E-state index is 12.1. The van der Waals surface area contributed by atoms with E-state index < -0.39 is 6.04 Å². The van der Waals surface area contributed by atoms with Crippen LogP contribution in [0.25, 0.3) is 0 Å². The largest absolute Gasteiger partial charge is 0.486 e. The molecule has 0 spiro atoms. The van der Waals surface area contributed by atoms with Gasteiger partial charge in [0.1, 0.15) is 13.2 Å². The van der Waals surface area contributed by atoms with Crippen LogP contribution in [0.5, 0.6) is 11.5 Å². The lowest BCUT2D eigenvalue weighted by Gasteiger charge is -2.19. The highest BCUT2D eigenvalue weighted by Gasteiger charge is 2.20. The molecule has 1 atom stereocenters. The molecule has 0 saturated carbocycles. The van der Waals surface area contributed by atoms with E-state index in [9.17, 15) is 4.79 Å². The number of benzene rings is 1. The van der Waals surface area contributed by atoms with Crippen molar-refractivity contribution in [3.63, 3.8) is 0 Å². The number of carbonyl (C=O) groups is 1. The molecule has 0 aromatic heterocycles. The van der Waals surface area contributed by atoms with Gasteiger partial charge >= 0.3 is 0 Å². The number of carbonyl (C=O) groups excluding carboxylic acids is 1. The van der Waals surface area contributed by atoms with Crippen LogP contribution in [-0.2, 0) is 0 Å². The van der Waals surface area contributed by atoms with Crippen molar-refractivity contribution < 1.29 is 14.3 Å². The molecule has 0 fully saturated rings. The molecule has 1 heterocycles. The van der Waals surface area contributed by atoms with Crippen LogP contribution in [0.2, 0.25) is 0 Å². The van der Waals surface area contributed by atoms with Gasteiger partial charge in [-0.3, -0.25) is 4.79 Å². The summed E-state index contributed by atoms with van der Waals surface area (Å²) in [4.78, 5) is 12.1. The van der Waals surface area contributed by atoms with Gasteiger partial charge in [0.2, 0.25) is 0 Å². The van der Waals surface area contributed by atoms with Crippen LogP contribution in [0.15, 0.2) is 18.2 Å². The number of hydrogen-bond acceptors (Lipinski definition) is 4. The zero-order chi connectivity index (χ0) is 13.1. The molecule has 1 aromatic carbocycles. The first-order valence-corrected chi connectivity index (χ1v) is 6.27. The summed E-state index contributed by atoms with van der Waals surface area (Å²) in [7, 11) is 0. The molecule has 4 heteroatoms. The number of Topliss-reactive ketones (excluding diaryl/α,β-unsaturated/α-hetero) is 1. The number of ether oxygens (including phenoxy) is 2. The Morgan fingerprint density at radius 1 is 1.28 bits per heavy atom. The fourth-order valence-electron chi connectivity index (χ4n) is 2.03. The smallest absolute Gasteiger partial charge is 0.179 e. The van der Waals surface area contributed by atoms with Crippen LogP contribution >= 0.6 is 0 Å². The van der Waals surface area contributed by atoms with Crippen molar-refractivity contribution in [2.45, 2.75) is 26.3 Å². The summed E-state index contributed by atoms with van der Waals surface area (Å²) >= 11 is 0. The van der Waals surface area contributed by atoms with E-state index in [0.717, 1.165) is 0 Å². The third kappa shape index (κ3) is 2.82. The molecule has 18 heavy (non-hydrogen) atoms. The van der Waals surface area contributed by atoms with E-state index in [1.807, 2.05) is 0 Å². The van der Waals surface area contributed by atoms with Crippen molar-refractivity contribution in [3.05, 3.63) is 23.8 Å². The van der Waals surface area contributed by atoms with Gasteiger partial charge in [0.15, 0.2) is 17.3 Å². The second-order valence-corrected chi connectivity index (χ2v) is 4.96. The molecule has 98 valence electrons. The topological polar surface area (TPSA) is 61.6 Å². The standard InChI is InChI=1S/C14H19NO3/c1-9(2)7-11(15)14(16)10-3-4-12-13(8-10)18-6-5-17-12/h3-4,8-9,11H,5-7,15H2,1-2H3. The Labute approximate surface area is 107 Å². The molecule has 0 amide bonds. The second kappa shape index (κ2) is 5.40. The zero-order valence-electron chi connectivity index (χ0n) is 10.8.